The van der Waals surface area contributed by atoms with E-state index in [1.165, 1.54) is 5.56 Å². The van der Waals surface area contributed by atoms with Crippen LogP contribution >= 0.6 is 0 Å². The van der Waals surface area contributed by atoms with E-state index in [2.05, 4.69) is 10.3 Å². The van der Waals surface area contributed by atoms with Crippen molar-refractivity contribution in [1.29, 1.82) is 0 Å². The van der Waals surface area contributed by atoms with Crippen LogP contribution in [-0.4, -0.2) is 29.8 Å². The van der Waals surface area contributed by atoms with Crippen molar-refractivity contribution in [3.8, 4) is 5.75 Å². The van der Waals surface area contributed by atoms with Gasteiger partial charge in [0, 0.05) is 12.1 Å². The van der Waals surface area contributed by atoms with Crippen LogP contribution in [0.1, 0.15) is 15.9 Å². The number of hydroxylamine groups is 1. The van der Waals surface area contributed by atoms with Gasteiger partial charge in [-0.2, -0.15) is 4.98 Å². The molecule has 7 nitrogen and oxygen atoms in total. The van der Waals surface area contributed by atoms with Crippen LogP contribution < -0.4 is 15.5 Å². The third kappa shape index (κ3) is 3.47. The molecule has 0 aliphatic rings. The molecule has 0 aliphatic heterocycles. The van der Waals surface area contributed by atoms with E-state index in [9.17, 15) is 4.79 Å². The molecule has 0 bridgehead atoms. The highest BCUT2D eigenvalue weighted by Gasteiger charge is 2.10. The van der Waals surface area contributed by atoms with Crippen molar-refractivity contribution in [2.24, 2.45) is 0 Å². The van der Waals surface area contributed by atoms with Crippen LogP contribution in [0.4, 0.5) is 6.01 Å². The molecule has 0 fully saturated rings. The van der Waals surface area contributed by atoms with E-state index in [1.807, 2.05) is 24.3 Å². The summed E-state index contributed by atoms with van der Waals surface area (Å²) in [6.07, 6.45) is 0.806. The first-order valence-electron chi connectivity index (χ1n) is 7.41. The molecule has 0 unspecified atom stereocenters. The summed E-state index contributed by atoms with van der Waals surface area (Å²) >= 11 is 0. The SMILES string of the molecule is COc1ccc(CCNc2nc3cc(C(=O)NO)ccc3o2)cc1. The number of amides is 1. The minimum Gasteiger partial charge on any atom is -0.497 e. The third-order valence-corrected chi connectivity index (χ3v) is 3.60. The van der Waals surface area contributed by atoms with Crippen LogP contribution in [0.5, 0.6) is 5.75 Å². The molecule has 0 atom stereocenters. The average molecular weight is 327 g/mol. The average Bonchev–Trinajstić information content (AvgIpc) is 3.03. The number of fused-ring (bicyclic) bond motifs is 1. The molecule has 3 aromatic rings. The van der Waals surface area contributed by atoms with Gasteiger partial charge >= 0.3 is 0 Å². The van der Waals surface area contributed by atoms with Crippen molar-refractivity contribution in [3.05, 3.63) is 53.6 Å². The number of oxazole rings is 1. The van der Waals surface area contributed by atoms with E-state index in [0.29, 0.717) is 29.2 Å². The lowest BCUT2D eigenvalue weighted by atomic mass is 10.1. The maximum atomic E-state index is 11.4. The quantitative estimate of drug-likeness (QED) is 0.476. The topological polar surface area (TPSA) is 96.6 Å². The number of aromatic nitrogens is 1. The number of ether oxygens (including phenoxy) is 1. The number of hydrogen-bond donors (Lipinski definition) is 3. The van der Waals surface area contributed by atoms with Crippen LogP contribution in [0.25, 0.3) is 11.1 Å². The molecular weight excluding hydrogens is 310 g/mol. The van der Waals surface area contributed by atoms with Gasteiger partial charge in [-0.1, -0.05) is 12.1 Å². The van der Waals surface area contributed by atoms with Gasteiger partial charge in [0.2, 0.25) is 0 Å². The Morgan fingerprint density at radius 3 is 2.75 bits per heavy atom. The Kier molecular flexibility index (Phi) is 4.62. The molecule has 2 aromatic carbocycles. The molecule has 0 saturated carbocycles. The first-order valence-corrected chi connectivity index (χ1v) is 7.41. The highest BCUT2D eigenvalue weighted by molar-refractivity contribution is 5.96. The molecule has 24 heavy (non-hydrogen) atoms. The molecule has 0 spiro atoms. The summed E-state index contributed by atoms with van der Waals surface area (Å²) in [7, 11) is 1.64. The summed E-state index contributed by atoms with van der Waals surface area (Å²) in [5, 5.41) is 11.8. The van der Waals surface area contributed by atoms with E-state index < -0.39 is 5.91 Å². The van der Waals surface area contributed by atoms with Gasteiger partial charge in [0.1, 0.15) is 11.3 Å². The molecule has 0 saturated heterocycles. The lowest BCUT2D eigenvalue weighted by molar-refractivity contribution is 0.0706. The normalized spacial score (nSPS) is 10.6. The minimum absolute atomic E-state index is 0.308. The van der Waals surface area contributed by atoms with Crippen molar-refractivity contribution in [1.82, 2.24) is 10.5 Å². The predicted octanol–water partition coefficient (Wildman–Crippen LogP) is 2.61. The molecule has 3 rings (SSSR count). The fourth-order valence-corrected chi connectivity index (χ4v) is 2.31. The molecule has 1 aromatic heterocycles. The standard InChI is InChI=1S/C17H17N3O4/c1-23-13-5-2-11(3-6-13)8-9-18-17-19-14-10-12(16(21)20-22)4-7-15(14)24-17/h2-7,10,22H,8-9H2,1H3,(H,18,19)(H,20,21). The zero-order valence-electron chi connectivity index (χ0n) is 13.1. The fourth-order valence-electron chi connectivity index (χ4n) is 2.31. The Balaban J connectivity index is 1.63. The Morgan fingerprint density at radius 2 is 2.04 bits per heavy atom. The second kappa shape index (κ2) is 7.01. The molecule has 0 aliphatic carbocycles. The second-order valence-corrected chi connectivity index (χ2v) is 5.17. The maximum Gasteiger partial charge on any atom is 0.295 e. The Morgan fingerprint density at radius 1 is 1.25 bits per heavy atom. The van der Waals surface area contributed by atoms with Gasteiger partial charge in [0.15, 0.2) is 5.58 Å². The Hall–Kier alpha value is -3.06. The lowest BCUT2D eigenvalue weighted by Crippen LogP contribution is -2.18. The summed E-state index contributed by atoms with van der Waals surface area (Å²) in [6.45, 7) is 0.656. The van der Waals surface area contributed by atoms with Crippen molar-refractivity contribution in [3.63, 3.8) is 0 Å². The van der Waals surface area contributed by atoms with Crippen molar-refractivity contribution in [2.45, 2.75) is 6.42 Å². The van der Waals surface area contributed by atoms with Crippen LogP contribution in [0.3, 0.4) is 0 Å². The number of hydrogen-bond acceptors (Lipinski definition) is 6. The van der Waals surface area contributed by atoms with Crippen LogP contribution in [0.15, 0.2) is 46.9 Å². The van der Waals surface area contributed by atoms with E-state index in [1.54, 1.807) is 30.8 Å². The number of carbonyl (C=O) groups excluding carboxylic acids is 1. The zero-order chi connectivity index (χ0) is 16.9. The van der Waals surface area contributed by atoms with E-state index in [-0.39, 0.29) is 0 Å². The molecule has 1 amide bonds. The lowest BCUT2D eigenvalue weighted by Gasteiger charge is -2.04. The summed E-state index contributed by atoms with van der Waals surface area (Å²) in [5.74, 6) is 0.238. The highest BCUT2D eigenvalue weighted by atomic mass is 16.5. The second-order valence-electron chi connectivity index (χ2n) is 5.17. The van der Waals surface area contributed by atoms with Crippen molar-refractivity contribution >= 4 is 23.0 Å². The number of rotatable bonds is 6. The van der Waals surface area contributed by atoms with Crippen LogP contribution in [0.2, 0.25) is 0 Å². The number of nitrogens with one attached hydrogen (secondary N) is 2. The Labute approximate surface area is 138 Å². The van der Waals surface area contributed by atoms with Crippen molar-refractivity contribution in [2.75, 3.05) is 19.0 Å². The largest absolute Gasteiger partial charge is 0.497 e. The third-order valence-electron chi connectivity index (χ3n) is 3.60. The van der Waals surface area contributed by atoms with Gasteiger partial charge in [-0.25, -0.2) is 5.48 Å². The zero-order valence-corrected chi connectivity index (χ0v) is 13.1. The fraction of sp³-hybridized carbons (Fsp3) is 0.176. The summed E-state index contributed by atoms with van der Waals surface area (Å²) in [6, 6.07) is 13.0. The molecule has 7 heteroatoms. The summed E-state index contributed by atoms with van der Waals surface area (Å²) in [5.41, 5.74) is 4.18. The smallest absolute Gasteiger partial charge is 0.295 e. The number of methoxy groups -OCH3 is 1. The van der Waals surface area contributed by atoms with Gasteiger partial charge in [-0.05, 0) is 42.3 Å². The van der Waals surface area contributed by atoms with Gasteiger partial charge in [-0.3, -0.25) is 10.0 Å². The predicted molar refractivity (Wildman–Crippen MR) is 88.4 cm³/mol. The molecule has 0 radical (unpaired) electrons. The number of nitrogens with zero attached hydrogens (tertiary/aromatic N) is 1. The van der Waals surface area contributed by atoms with Gasteiger partial charge in [0.25, 0.3) is 11.9 Å². The monoisotopic (exact) mass is 327 g/mol. The molecule has 1 heterocycles. The van der Waals surface area contributed by atoms with Gasteiger partial charge in [0.05, 0.1) is 7.11 Å². The van der Waals surface area contributed by atoms with Crippen molar-refractivity contribution < 1.29 is 19.2 Å². The number of carbonyl (C=O) groups is 1. The van der Waals surface area contributed by atoms with Crippen LogP contribution in [0, 0.1) is 0 Å². The first-order chi connectivity index (χ1) is 11.7. The molecule has 124 valence electrons. The van der Waals surface area contributed by atoms with Gasteiger partial charge < -0.3 is 14.5 Å². The molecule has 3 N–H and O–H groups in total. The highest BCUT2D eigenvalue weighted by Crippen LogP contribution is 2.20. The maximum absolute atomic E-state index is 11.4. The Bertz CT molecular complexity index is 843. The molecular formula is C17H17N3O4. The van der Waals surface area contributed by atoms with E-state index >= 15 is 0 Å². The van der Waals surface area contributed by atoms with Crippen LogP contribution in [-0.2, 0) is 6.42 Å². The summed E-state index contributed by atoms with van der Waals surface area (Å²) < 4.78 is 10.7. The summed E-state index contributed by atoms with van der Waals surface area (Å²) in [4.78, 5) is 15.7. The minimum atomic E-state index is -0.589. The van der Waals surface area contributed by atoms with E-state index in [0.717, 1.165) is 12.2 Å². The number of benzene rings is 2. The van der Waals surface area contributed by atoms with Gasteiger partial charge in [-0.15, -0.1) is 0 Å². The van der Waals surface area contributed by atoms with E-state index in [4.69, 9.17) is 14.4 Å². The first kappa shape index (κ1) is 15.8. The number of anilines is 1.